The Morgan fingerprint density at radius 1 is 1.13 bits per heavy atom. The average molecular weight is 426 g/mol. The summed E-state index contributed by atoms with van der Waals surface area (Å²) in [5, 5.41) is 3.66. The summed E-state index contributed by atoms with van der Waals surface area (Å²) in [5.74, 6) is -0.197. The number of benzene rings is 2. The molecular weight excluding hydrogens is 398 g/mol. The van der Waals surface area contributed by atoms with Gasteiger partial charge in [0.25, 0.3) is 5.91 Å². The van der Waals surface area contributed by atoms with Crippen LogP contribution in [-0.2, 0) is 23.0 Å². The van der Waals surface area contributed by atoms with Gasteiger partial charge in [-0.2, -0.15) is 0 Å². The van der Waals surface area contributed by atoms with Crippen LogP contribution in [-0.4, -0.2) is 43.8 Å². The molecular formula is C23H27N3O3S. The van der Waals surface area contributed by atoms with Crippen molar-refractivity contribution >= 4 is 26.8 Å². The highest BCUT2D eigenvalue weighted by atomic mass is 32.2. The molecule has 3 aromatic rings. The SMILES string of the molecule is C=CCn1c(C(=O)NCCc2ccc(C)cc2)cc2cc(S(=O)(=O)N(C)C)ccc21. The van der Waals surface area contributed by atoms with Crippen molar-refractivity contribution in [1.29, 1.82) is 0 Å². The fraction of sp³-hybridized carbons (Fsp3) is 0.261. The lowest BCUT2D eigenvalue weighted by Gasteiger charge is -2.12. The fourth-order valence-electron chi connectivity index (χ4n) is 3.30. The summed E-state index contributed by atoms with van der Waals surface area (Å²) in [6.07, 6.45) is 2.45. The number of nitrogens with zero attached hydrogens (tertiary/aromatic N) is 2. The van der Waals surface area contributed by atoms with Gasteiger partial charge in [-0.05, 0) is 43.2 Å². The molecule has 30 heavy (non-hydrogen) atoms. The zero-order valence-corrected chi connectivity index (χ0v) is 18.4. The molecule has 6 nitrogen and oxygen atoms in total. The van der Waals surface area contributed by atoms with E-state index in [1.165, 1.54) is 24.0 Å². The van der Waals surface area contributed by atoms with Gasteiger partial charge in [0.1, 0.15) is 5.69 Å². The summed E-state index contributed by atoms with van der Waals surface area (Å²) in [7, 11) is -0.558. The summed E-state index contributed by atoms with van der Waals surface area (Å²) in [4.78, 5) is 13.0. The highest BCUT2D eigenvalue weighted by Crippen LogP contribution is 2.25. The van der Waals surface area contributed by atoms with Crippen molar-refractivity contribution in [2.24, 2.45) is 0 Å². The Morgan fingerprint density at radius 3 is 2.47 bits per heavy atom. The summed E-state index contributed by atoms with van der Waals surface area (Å²) in [6, 6.07) is 14.9. The van der Waals surface area contributed by atoms with Crippen LogP contribution in [0.25, 0.3) is 10.9 Å². The van der Waals surface area contributed by atoms with E-state index in [9.17, 15) is 13.2 Å². The normalized spacial score (nSPS) is 11.7. The summed E-state index contributed by atoms with van der Waals surface area (Å²) in [5.41, 5.74) is 3.63. The van der Waals surface area contributed by atoms with Crippen LogP contribution in [0, 0.1) is 6.92 Å². The number of rotatable bonds is 8. The van der Waals surface area contributed by atoms with Crippen LogP contribution in [0.3, 0.4) is 0 Å². The molecule has 2 aromatic carbocycles. The van der Waals surface area contributed by atoms with E-state index in [1.54, 1.807) is 30.3 Å². The van der Waals surface area contributed by atoms with E-state index in [0.29, 0.717) is 24.2 Å². The number of sulfonamides is 1. The van der Waals surface area contributed by atoms with Crippen LogP contribution in [0.5, 0.6) is 0 Å². The Labute approximate surface area is 177 Å². The van der Waals surface area contributed by atoms with E-state index < -0.39 is 10.0 Å². The molecule has 158 valence electrons. The predicted molar refractivity (Wildman–Crippen MR) is 120 cm³/mol. The maximum Gasteiger partial charge on any atom is 0.267 e. The molecule has 0 bridgehead atoms. The van der Waals surface area contributed by atoms with Gasteiger partial charge in [-0.25, -0.2) is 12.7 Å². The minimum Gasteiger partial charge on any atom is -0.350 e. The quantitative estimate of drug-likeness (QED) is 0.563. The molecule has 0 aliphatic carbocycles. The minimum absolute atomic E-state index is 0.196. The molecule has 0 fully saturated rings. The molecule has 0 saturated carbocycles. The lowest BCUT2D eigenvalue weighted by atomic mass is 10.1. The number of amides is 1. The van der Waals surface area contributed by atoms with Gasteiger partial charge >= 0.3 is 0 Å². The molecule has 1 heterocycles. The van der Waals surface area contributed by atoms with Crippen molar-refractivity contribution < 1.29 is 13.2 Å². The second kappa shape index (κ2) is 8.85. The fourth-order valence-corrected chi connectivity index (χ4v) is 4.24. The Hall–Kier alpha value is -2.90. The van der Waals surface area contributed by atoms with Crippen LogP contribution in [0.4, 0.5) is 0 Å². The van der Waals surface area contributed by atoms with Gasteiger partial charge in [0.05, 0.1) is 4.90 Å². The first-order valence-electron chi connectivity index (χ1n) is 9.74. The van der Waals surface area contributed by atoms with E-state index in [0.717, 1.165) is 17.5 Å². The van der Waals surface area contributed by atoms with Crippen molar-refractivity contribution in [3.63, 3.8) is 0 Å². The number of carbonyl (C=O) groups is 1. The second-order valence-corrected chi connectivity index (χ2v) is 9.58. The second-order valence-electron chi connectivity index (χ2n) is 7.43. The lowest BCUT2D eigenvalue weighted by Crippen LogP contribution is -2.27. The standard InChI is InChI=1S/C23H27N3O3S/c1-5-14-26-21-11-10-20(30(28,29)25(3)4)15-19(21)16-22(26)23(27)24-13-12-18-8-6-17(2)7-9-18/h5-11,15-16H,1,12-14H2,2-4H3,(H,24,27). The molecule has 0 aliphatic heterocycles. The van der Waals surface area contributed by atoms with Crippen molar-refractivity contribution in [2.45, 2.75) is 24.8 Å². The number of hydrogen-bond donors (Lipinski definition) is 1. The Balaban J connectivity index is 1.86. The van der Waals surface area contributed by atoms with Crippen LogP contribution in [0.2, 0.25) is 0 Å². The van der Waals surface area contributed by atoms with E-state index in [-0.39, 0.29) is 10.8 Å². The number of carbonyl (C=O) groups excluding carboxylic acids is 1. The Bertz CT molecular complexity index is 1180. The van der Waals surface area contributed by atoms with E-state index in [4.69, 9.17) is 0 Å². The predicted octanol–water partition coefficient (Wildman–Crippen LogP) is 3.36. The monoisotopic (exact) mass is 425 g/mol. The highest BCUT2D eigenvalue weighted by molar-refractivity contribution is 7.89. The van der Waals surface area contributed by atoms with Gasteiger partial charge in [0.15, 0.2) is 0 Å². The van der Waals surface area contributed by atoms with E-state index >= 15 is 0 Å². The number of allylic oxidation sites excluding steroid dienone is 1. The maximum absolute atomic E-state index is 12.9. The topological polar surface area (TPSA) is 71.4 Å². The number of hydrogen-bond acceptors (Lipinski definition) is 3. The molecule has 0 unspecified atom stereocenters. The molecule has 0 aliphatic rings. The molecule has 1 aromatic heterocycles. The summed E-state index contributed by atoms with van der Waals surface area (Å²) >= 11 is 0. The third-order valence-corrected chi connectivity index (χ3v) is 6.83. The zero-order valence-electron chi connectivity index (χ0n) is 17.6. The van der Waals surface area contributed by atoms with Gasteiger partial charge in [0, 0.05) is 38.1 Å². The molecule has 0 radical (unpaired) electrons. The third-order valence-electron chi connectivity index (χ3n) is 5.02. The largest absolute Gasteiger partial charge is 0.350 e. The van der Waals surface area contributed by atoms with Crippen molar-refractivity contribution in [1.82, 2.24) is 14.2 Å². The number of aryl methyl sites for hydroxylation is 1. The number of aromatic nitrogens is 1. The molecule has 0 spiro atoms. The van der Waals surface area contributed by atoms with Crippen LogP contribution >= 0.6 is 0 Å². The first kappa shape index (κ1) is 21.8. The Morgan fingerprint density at radius 2 is 1.83 bits per heavy atom. The molecule has 1 N–H and O–H groups in total. The summed E-state index contributed by atoms with van der Waals surface area (Å²) < 4.78 is 27.9. The van der Waals surface area contributed by atoms with Gasteiger partial charge in [-0.1, -0.05) is 35.9 Å². The average Bonchev–Trinajstić information content (AvgIpc) is 3.07. The first-order chi connectivity index (χ1) is 14.2. The zero-order chi connectivity index (χ0) is 21.9. The minimum atomic E-state index is -3.55. The lowest BCUT2D eigenvalue weighted by molar-refractivity contribution is 0.0946. The van der Waals surface area contributed by atoms with Crippen molar-refractivity contribution in [3.8, 4) is 0 Å². The molecule has 3 rings (SSSR count). The maximum atomic E-state index is 12.9. The highest BCUT2D eigenvalue weighted by Gasteiger charge is 2.20. The van der Waals surface area contributed by atoms with Crippen LogP contribution < -0.4 is 5.32 Å². The van der Waals surface area contributed by atoms with Crippen molar-refractivity contribution in [2.75, 3.05) is 20.6 Å². The first-order valence-corrected chi connectivity index (χ1v) is 11.2. The number of nitrogens with one attached hydrogen (secondary N) is 1. The smallest absolute Gasteiger partial charge is 0.267 e. The van der Waals surface area contributed by atoms with E-state index in [1.807, 2.05) is 11.5 Å². The van der Waals surface area contributed by atoms with Crippen LogP contribution in [0.15, 0.2) is 66.1 Å². The Kier molecular flexibility index (Phi) is 6.43. The van der Waals surface area contributed by atoms with Gasteiger partial charge in [-0.15, -0.1) is 6.58 Å². The molecule has 1 amide bonds. The third kappa shape index (κ3) is 4.47. The van der Waals surface area contributed by atoms with Gasteiger partial charge < -0.3 is 9.88 Å². The molecule has 7 heteroatoms. The number of fused-ring (bicyclic) bond motifs is 1. The molecule has 0 atom stereocenters. The van der Waals surface area contributed by atoms with Crippen LogP contribution in [0.1, 0.15) is 21.6 Å². The van der Waals surface area contributed by atoms with Gasteiger partial charge in [0.2, 0.25) is 10.0 Å². The van der Waals surface area contributed by atoms with Gasteiger partial charge in [-0.3, -0.25) is 4.79 Å². The summed E-state index contributed by atoms with van der Waals surface area (Å²) in [6.45, 7) is 6.78. The van der Waals surface area contributed by atoms with E-state index in [2.05, 4.69) is 36.2 Å². The molecule has 0 saturated heterocycles. The van der Waals surface area contributed by atoms with Crippen molar-refractivity contribution in [3.05, 3.63) is 78.0 Å².